The molecule has 3 nitrogen and oxygen atoms in total. The van der Waals surface area contributed by atoms with Crippen LogP contribution in [-0.2, 0) is 0 Å². The van der Waals surface area contributed by atoms with Crippen LogP contribution in [0, 0.1) is 23.7 Å². The standard InChI is InChI=1S/C16H25N3/c1-2-13(17)16-18-8-14(19-16)15-11-4-9-3-10(6-11)7-12(15)5-9/h8-13,15H,2-7,17H2,1H3,(H,18,19). The maximum Gasteiger partial charge on any atom is 0.123 e. The molecule has 104 valence electrons. The molecule has 4 aliphatic carbocycles. The summed E-state index contributed by atoms with van der Waals surface area (Å²) in [6, 6.07) is 0.0746. The van der Waals surface area contributed by atoms with E-state index < -0.39 is 0 Å². The summed E-state index contributed by atoms with van der Waals surface area (Å²) in [5, 5.41) is 0. The molecule has 0 spiro atoms. The van der Waals surface area contributed by atoms with Gasteiger partial charge in [-0.3, -0.25) is 0 Å². The molecule has 4 fully saturated rings. The van der Waals surface area contributed by atoms with Crippen molar-refractivity contribution in [3.05, 3.63) is 17.7 Å². The van der Waals surface area contributed by atoms with E-state index in [4.69, 9.17) is 5.73 Å². The Balaban J connectivity index is 1.60. The lowest BCUT2D eigenvalue weighted by Gasteiger charge is -2.54. The second kappa shape index (κ2) is 4.34. The number of nitrogens with two attached hydrogens (primary N) is 1. The molecular weight excluding hydrogens is 234 g/mol. The first-order valence-electron chi connectivity index (χ1n) is 8.05. The molecule has 4 bridgehead atoms. The number of aromatic nitrogens is 2. The van der Waals surface area contributed by atoms with Crippen LogP contribution in [0.4, 0.5) is 0 Å². The van der Waals surface area contributed by atoms with Crippen molar-refractivity contribution in [2.24, 2.45) is 29.4 Å². The van der Waals surface area contributed by atoms with E-state index in [1.54, 1.807) is 0 Å². The Labute approximate surface area is 115 Å². The maximum absolute atomic E-state index is 6.09. The molecule has 0 aromatic carbocycles. The zero-order chi connectivity index (χ0) is 13.0. The van der Waals surface area contributed by atoms with Crippen LogP contribution in [0.3, 0.4) is 0 Å². The minimum absolute atomic E-state index is 0.0746. The Morgan fingerprint density at radius 2 is 1.84 bits per heavy atom. The third-order valence-electron chi connectivity index (χ3n) is 5.99. The summed E-state index contributed by atoms with van der Waals surface area (Å²) in [4.78, 5) is 8.09. The highest BCUT2D eigenvalue weighted by atomic mass is 15.0. The molecule has 1 aromatic rings. The first-order chi connectivity index (χ1) is 9.24. The van der Waals surface area contributed by atoms with Gasteiger partial charge in [-0.2, -0.15) is 0 Å². The Hall–Kier alpha value is -0.830. The molecule has 5 rings (SSSR count). The SMILES string of the molecule is CCC(N)c1ncc(C2C3CC4CC(C3)CC2C4)[nH]1. The van der Waals surface area contributed by atoms with Crippen LogP contribution in [0.5, 0.6) is 0 Å². The van der Waals surface area contributed by atoms with Crippen LogP contribution >= 0.6 is 0 Å². The van der Waals surface area contributed by atoms with Crippen molar-refractivity contribution in [1.29, 1.82) is 0 Å². The Morgan fingerprint density at radius 1 is 1.21 bits per heavy atom. The highest BCUT2D eigenvalue weighted by Gasteiger charge is 2.49. The zero-order valence-corrected chi connectivity index (χ0v) is 11.8. The molecule has 0 radical (unpaired) electrons. The molecule has 1 heterocycles. The van der Waals surface area contributed by atoms with E-state index in [-0.39, 0.29) is 6.04 Å². The van der Waals surface area contributed by atoms with Gasteiger partial charge in [-0.15, -0.1) is 0 Å². The molecule has 0 aliphatic heterocycles. The van der Waals surface area contributed by atoms with Crippen LogP contribution in [0.25, 0.3) is 0 Å². The number of nitrogens with one attached hydrogen (secondary N) is 1. The van der Waals surface area contributed by atoms with Gasteiger partial charge in [0.1, 0.15) is 5.82 Å². The molecule has 3 N–H and O–H groups in total. The summed E-state index contributed by atoms with van der Waals surface area (Å²) in [5.41, 5.74) is 7.47. The summed E-state index contributed by atoms with van der Waals surface area (Å²) in [6.07, 6.45) is 10.4. The number of hydrogen-bond donors (Lipinski definition) is 2. The number of imidazole rings is 1. The minimum atomic E-state index is 0.0746. The quantitative estimate of drug-likeness (QED) is 0.874. The van der Waals surface area contributed by atoms with Crippen molar-refractivity contribution < 1.29 is 0 Å². The zero-order valence-electron chi connectivity index (χ0n) is 11.8. The molecule has 3 heteroatoms. The van der Waals surface area contributed by atoms with Gasteiger partial charge in [-0.1, -0.05) is 6.92 Å². The molecule has 1 atom stereocenters. The van der Waals surface area contributed by atoms with Gasteiger partial charge in [0.2, 0.25) is 0 Å². The normalized spacial score (nSPS) is 41.7. The smallest absolute Gasteiger partial charge is 0.123 e. The number of aromatic amines is 1. The van der Waals surface area contributed by atoms with Crippen molar-refractivity contribution in [1.82, 2.24) is 9.97 Å². The lowest BCUT2D eigenvalue weighted by Crippen LogP contribution is -2.43. The molecule has 4 aliphatic rings. The minimum Gasteiger partial charge on any atom is -0.344 e. The molecule has 0 saturated heterocycles. The fourth-order valence-corrected chi connectivity index (χ4v) is 5.34. The molecule has 4 saturated carbocycles. The number of nitrogens with zero attached hydrogens (tertiary/aromatic N) is 1. The Kier molecular flexibility index (Phi) is 2.73. The molecule has 1 aromatic heterocycles. The van der Waals surface area contributed by atoms with Crippen molar-refractivity contribution in [3.8, 4) is 0 Å². The van der Waals surface area contributed by atoms with E-state index in [0.717, 1.165) is 41.8 Å². The maximum atomic E-state index is 6.09. The highest BCUT2D eigenvalue weighted by molar-refractivity contribution is 5.17. The summed E-state index contributed by atoms with van der Waals surface area (Å²) in [7, 11) is 0. The van der Waals surface area contributed by atoms with E-state index in [2.05, 4.69) is 23.1 Å². The highest BCUT2D eigenvalue weighted by Crippen LogP contribution is 2.59. The van der Waals surface area contributed by atoms with E-state index in [1.165, 1.54) is 37.8 Å². The summed E-state index contributed by atoms with van der Waals surface area (Å²) in [6.45, 7) is 2.12. The first kappa shape index (κ1) is 12.0. The van der Waals surface area contributed by atoms with E-state index in [9.17, 15) is 0 Å². The van der Waals surface area contributed by atoms with Gasteiger partial charge in [0.25, 0.3) is 0 Å². The summed E-state index contributed by atoms with van der Waals surface area (Å²) in [5.74, 6) is 5.66. The molecule has 1 unspecified atom stereocenters. The van der Waals surface area contributed by atoms with Gasteiger partial charge in [0.05, 0.1) is 6.04 Å². The van der Waals surface area contributed by atoms with Gasteiger partial charge in [0.15, 0.2) is 0 Å². The largest absolute Gasteiger partial charge is 0.344 e. The second-order valence-corrected chi connectivity index (χ2v) is 7.20. The number of hydrogen-bond acceptors (Lipinski definition) is 2. The topological polar surface area (TPSA) is 54.7 Å². The molecule has 19 heavy (non-hydrogen) atoms. The third-order valence-corrected chi connectivity index (χ3v) is 5.99. The van der Waals surface area contributed by atoms with Gasteiger partial charge in [0, 0.05) is 17.8 Å². The Morgan fingerprint density at radius 3 is 2.42 bits per heavy atom. The number of H-pyrrole nitrogens is 1. The van der Waals surface area contributed by atoms with Gasteiger partial charge >= 0.3 is 0 Å². The summed E-state index contributed by atoms with van der Waals surface area (Å²) < 4.78 is 0. The van der Waals surface area contributed by atoms with Crippen molar-refractivity contribution in [2.45, 2.75) is 57.4 Å². The van der Waals surface area contributed by atoms with E-state index in [0.29, 0.717) is 0 Å². The van der Waals surface area contributed by atoms with Gasteiger partial charge < -0.3 is 10.7 Å². The van der Waals surface area contributed by atoms with Crippen molar-refractivity contribution in [2.75, 3.05) is 0 Å². The fourth-order valence-electron chi connectivity index (χ4n) is 5.34. The van der Waals surface area contributed by atoms with E-state index in [1.807, 2.05) is 0 Å². The fraction of sp³-hybridized carbons (Fsp3) is 0.812. The predicted octanol–water partition coefficient (Wildman–Crippen LogP) is 3.36. The summed E-state index contributed by atoms with van der Waals surface area (Å²) >= 11 is 0. The predicted molar refractivity (Wildman–Crippen MR) is 75.6 cm³/mol. The van der Waals surface area contributed by atoms with Gasteiger partial charge in [-0.25, -0.2) is 4.98 Å². The lowest BCUT2D eigenvalue weighted by molar-refractivity contribution is -0.00406. The van der Waals surface area contributed by atoms with Crippen LogP contribution < -0.4 is 5.73 Å². The van der Waals surface area contributed by atoms with Crippen LogP contribution in [0.1, 0.15) is 68.9 Å². The molecule has 0 amide bonds. The van der Waals surface area contributed by atoms with Crippen LogP contribution in [0.15, 0.2) is 6.20 Å². The molecular formula is C16H25N3. The Bertz CT molecular complexity index is 436. The second-order valence-electron chi connectivity index (χ2n) is 7.20. The van der Waals surface area contributed by atoms with Crippen molar-refractivity contribution in [3.63, 3.8) is 0 Å². The number of rotatable bonds is 3. The lowest BCUT2D eigenvalue weighted by atomic mass is 9.51. The van der Waals surface area contributed by atoms with Crippen LogP contribution in [0.2, 0.25) is 0 Å². The average Bonchev–Trinajstić information content (AvgIpc) is 2.86. The van der Waals surface area contributed by atoms with E-state index >= 15 is 0 Å². The first-order valence-corrected chi connectivity index (χ1v) is 8.05. The van der Waals surface area contributed by atoms with Crippen LogP contribution in [-0.4, -0.2) is 9.97 Å². The monoisotopic (exact) mass is 259 g/mol. The third kappa shape index (κ3) is 1.85. The van der Waals surface area contributed by atoms with Gasteiger partial charge in [-0.05, 0) is 62.2 Å². The van der Waals surface area contributed by atoms with Crippen molar-refractivity contribution >= 4 is 0 Å². The average molecular weight is 259 g/mol.